The highest BCUT2D eigenvalue weighted by atomic mass is 32.2. The van der Waals surface area contributed by atoms with Crippen LogP contribution in [-0.4, -0.2) is 39.0 Å². The number of carbonyl (C=O) groups excluding carboxylic acids is 1. The fourth-order valence-corrected chi connectivity index (χ4v) is 3.35. The summed E-state index contributed by atoms with van der Waals surface area (Å²) in [4.78, 5) is 14.3. The second-order valence-corrected chi connectivity index (χ2v) is 8.35. The minimum atomic E-state index is -0.631. The molecular formula is C16H25NO3S. The highest BCUT2D eigenvalue weighted by Gasteiger charge is 2.31. The zero-order chi connectivity index (χ0) is 15.5. The van der Waals surface area contributed by atoms with Crippen LogP contribution in [0, 0.1) is 0 Å². The number of aliphatic hydroxyl groups excluding tert-OH is 1. The first kappa shape index (κ1) is 16.4. The van der Waals surface area contributed by atoms with Gasteiger partial charge in [0.25, 0.3) is 0 Å². The number of nitrogens with zero attached hydrogens (tertiary/aromatic N) is 1. The summed E-state index contributed by atoms with van der Waals surface area (Å²) < 4.78 is 5.33. The molecule has 1 aliphatic rings. The number of carbonyl (C=O) groups is 1. The number of rotatable bonds is 5. The highest BCUT2D eigenvalue weighted by molar-refractivity contribution is 8.01. The van der Waals surface area contributed by atoms with Crippen molar-refractivity contribution in [1.82, 2.24) is 4.90 Å². The zero-order valence-electron chi connectivity index (χ0n) is 13.0. The van der Waals surface area contributed by atoms with Gasteiger partial charge in [-0.15, -0.1) is 11.8 Å². The Morgan fingerprint density at radius 3 is 2.95 bits per heavy atom. The molecule has 118 valence electrons. The average molecular weight is 311 g/mol. The van der Waals surface area contributed by atoms with Crippen LogP contribution in [0.3, 0.4) is 0 Å². The Labute approximate surface area is 130 Å². The van der Waals surface area contributed by atoms with Gasteiger partial charge in [-0.05, 0) is 25.0 Å². The molecule has 5 heteroatoms. The molecule has 1 aliphatic heterocycles. The Hall–Kier alpha value is -0.940. The summed E-state index contributed by atoms with van der Waals surface area (Å²) >= 11 is 1.67. The number of hydrogen-bond acceptors (Lipinski definition) is 4. The van der Waals surface area contributed by atoms with Gasteiger partial charge in [0.05, 0.1) is 12.0 Å². The van der Waals surface area contributed by atoms with Crippen LogP contribution in [0.2, 0.25) is 0 Å². The van der Waals surface area contributed by atoms with Gasteiger partial charge in [-0.1, -0.05) is 20.8 Å². The van der Waals surface area contributed by atoms with Crippen LogP contribution < -0.4 is 0 Å². The van der Waals surface area contributed by atoms with Crippen LogP contribution >= 0.6 is 11.8 Å². The smallest absolute Gasteiger partial charge is 0.232 e. The summed E-state index contributed by atoms with van der Waals surface area (Å²) in [6.07, 6.45) is 3.47. The normalized spacial score (nSPS) is 20.8. The third-order valence-electron chi connectivity index (χ3n) is 3.69. The summed E-state index contributed by atoms with van der Waals surface area (Å²) in [5.41, 5.74) is 0. The first-order valence-electron chi connectivity index (χ1n) is 7.52. The van der Waals surface area contributed by atoms with Gasteiger partial charge in [0.2, 0.25) is 5.91 Å². The first-order valence-corrected chi connectivity index (χ1v) is 8.50. The predicted octanol–water partition coefficient (Wildman–Crippen LogP) is 3.23. The van der Waals surface area contributed by atoms with E-state index in [9.17, 15) is 9.90 Å². The van der Waals surface area contributed by atoms with E-state index in [1.165, 1.54) is 0 Å². The molecule has 0 unspecified atom stereocenters. The second-order valence-electron chi connectivity index (χ2n) is 6.55. The van der Waals surface area contributed by atoms with Crippen LogP contribution in [-0.2, 0) is 4.79 Å². The van der Waals surface area contributed by atoms with Crippen molar-refractivity contribution in [1.29, 1.82) is 0 Å². The summed E-state index contributed by atoms with van der Waals surface area (Å²) in [6.45, 7) is 7.16. The highest BCUT2D eigenvalue weighted by Crippen LogP contribution is 2.29. The molecule has 0 aliphatic carbocycles. The Balaban J connectivity index is 1.89. The van der Waals surface area contributed by atoms with Crippen molar-refractivity contribution in [2.24, 2.45) is 0 Å². The van der Waals surface area contributed by atoms with Gasteiger partial charge in [0.1, 0.15) is 11.9 Å². The van der Waals surface area contributed by atoms with E-state index < -0.39 is 6.10 Å². The Bertz CT molecular complexity index is 453. The first-order chi connectivity index (χ1) is 9.87. The number of thioether (sulfide) groups is 1. The summed E-state index contributed by atoms with van der Waals surface area (Å²) in [7, 11) is 0. The Morgan fingerprint density at radius 2 is 2.33 bits per heavy atom. The fourth-order valence-electron chi connectivity index (χ4n) is 2.62. The topological polar surface area (TPSA) is 53.7 Å². The van der Waals surface area contributed by atoms with Crippen molar-refractivity contribution in [3.8, 4) is 0 Å². The lowest BCUT2D eigenvalue weighted by Crippen LogP contribution is -2.38. The molecule has 21 heavy (non-hydrogen) atoms. The number of amides is 1. The molecule has 4 nitrogen and oxygen atoms in total. The molecule has 1 fully saturated rings. The van der Waals surface area contributed by atoms with E-state index in [1.54, 1.807) is 30.2 Å². The van der Waals surface area contributed by atoms with Crippen molar-refractivity contribution in [3.63, 3.8) is 0 Å². The van der Waals surface area contributed by atoms with Crippen LogP contribution in [0.1, 0.15) is 51.9 Å². The maximum absolute atomic E-state index is 12.4. The average Bonchev–Trinajstić information content (AvgIpc) is 3.05. The molecule has 1 amide bonds. The van der Waals surface area contributed by atoms with Gasteiger partial charge in [0.15, 0.2) is 0 Å². The SMILES string of the molecule is CC(C)(C)SCC(=O)N1CCC[C@@H]1C[C@H](O)c1ccco1. The van der Waals surface area contributed by atoms with Crippen LogP contribution in [0.4, 0.5) is 0 Å². The number of aliphatic hydroxyl groups is 1. The Morgan fingerprint density at radius 1 is 1.57 bits per heavy atom. The summed E-state index contributed by atoms with van der Waals surface area (Å²) in [6, 6.07) is 3.68. The maximum atomic E-state index is 12.4. The van der Waals surface area contributed by atoms with Gasteiger partial charge >= 0.3 is 0 Å². The van der Waals surface area contributed by atoms with Gasteiger partial charge in [-0.25, -0.2) is 0 Å². The Kier molecular flexibility index (Phi) is 5.38. The van der Waals surface area contributed by atoms with Gasteiger partial charge < -0.3 is 14.4 Å². The van der Waals surface area contributed by atoms with Gasteiger partial charge in [-0.3, -0.25) is 4.79 Å². The van der Waals surface area contributed by atoms with Crippen molar-refractivity contribution in [2.75, 3.05) is 12.3 Å². The maximum Gasteiger partial charge on any atom is 0.232 e. The van der Waals surface area contributed by atoms with E-state index in [0.717, 1.165) is 19.4 Å². The molecule has 0 spiro atoms. The number of likely N-dealkylation sites (tertiary alicyclic amines) is 1. The third-order valence-corrected chi connectivity index (χ3v) is 4.95. The lowest BCUT2D eigenvalue weighted by molar-refractivity contribution is -0.129. The molecular weight excluding hydrogens is 286 g/mol. The van der Waals surface area contributed by atoms with Crippen molar-refractivity contribution < 1.29 is 14.3 Å². The third kappa shape index (κ3) is 4.78. The molecule has 2 atom stereocenters. The van der Waals surface area contributed by atoms with E-state index in [0.29, 0.717) is 17.9 Å². The lowest BCUT2D eigenvalue weighted by atomic mass is 10.1. The van der Waals surface area contributed by atoms with E-state index in [-0.39, 0.29) is 16.7 Å². The molecule has 0 radical (unpaired) electrons. The molecule has 2 heterocycles. The summed E-state index contributed by atoms with van der Waals surface area (Å²) in [5.74, 6) is 1.28. The monoisotopic (exact) mass is 311 g/mol. The molecule has 0 bridgehead atoms. The van der Waals surface area contributed by atoms with Gasteiger partial charge in [0, 0.05) is 23.8 Å². The van der Waals surface area contributed by atoms with Crippen LogP contribution in [0.5, 0.6) is 0 Å². The quantitative estimate of drug-likeness (QED) is 0.907. The van der Waals surface area contributed by atoms with E-state index in [4.69, 9.17) is 4.42 Å². The molecule has 0 saturated carbocycles. The standard InChI is InChI=1S/C16H25NO3S/c1-16(2,3)21-11-15(19)17-8-4-6-12(17)10-13(18)14-7-5-9-20-14/h5,7,9,12-13,18H,4,6,8,10-11H2,1-3H3/t12-,13+/m1/s1. The zero-order valence-corrected chi connectivity index (χ0v) is 13.9. The van der Waals surface area contributed by atoms with Crippen molar-refractivity contribution in [2.45, 2.75) is 56.9 Å². The minimum Gasteiger partial charge on any atom is -0.467 e. The molecule has 2 rings (SSSR count). The number of hydrogen-bond donors (Lipinski definition) is 1. The van der Waals surface area contributed by atoms with E-state index >= 15 is 0 Å². The lowest BCUT2D eigenvalue weighted by Gasteiger charge is -2.27. The van der Waals surface area contributed by atoms with Gasteiger partial charge in [-0.2, -0.15) is 0 Å². The largest absolute Gasteiger partial charge is 0.467 e. The van der Waals surface area contributed by atoms with E-state index in [2.05, 4.69) is 20.8 Å². The molecule has 1 N–H and O–H groups in total. The second kappa shape index (κ2) is 6.88. The predicted molar refractivity (Wildman–Crippen MR) is 85.2 cm³/mol. The van der Waals surface area contributed by atoms with Crippen LogP contribution in [0.25, 0.3) is 0 Å². The van der Waals surface area contributed by atoms with Crippen molar-refractivity contribution >= 4 is 17.7 Å². The molecule has 1 saturated heterocycles. The van der Waals surface area contributed by atoms with Crippen molar-refractivity contribution in [3.05, 3.63) is 24.2 Å². The minimum absolute atomic E-state index is 0.0958. The van der Waals surface area contributed by atoms with E-state index in [1.807, 2.05) is 4.90 Å². The molecule has 0 aromatic carbocycles. The molecule has 1 aromatic rings. The molecule has 1 aromatic heterocycles. The van der Waals surface area contributed by atoms with Crippen LogP contribution in [0.15, 0.2) is 22.8 Å². The number of furan rings is 1. The summed E-state index contributed by atoms with van der Waals surface area (Å²) in [5, 5.41) is 10.2. The fraction of sp³-hybridized carbons (Fsp3) is 0.688.